The molecule has 3 heterocycles. The minimum absolute atomic E-state index is 0.0217. The van der Waals surface area contributed by atoms with Gasteiger partial charge in [-0.25, -0.2) is 9.97 Å². The molecule has 0 N–H and O–H groups in total. The Bertz CT molecular complexity index is 781. The SMILES string of the molecule is Cc1nc(C(=O)N2CCc3ccccc32)cc(N2CCCCCC2)n1. The lowest BCUT2D eigenvalue weighted by Gasteiger charge is -2.23. The number of rotatable bonds is 2. The van der Waals surface area contributed by atoms with Crippen LogP contribution < -0.4 is 9.80 Å². The number of carbonyl (C=O) groups is 1. The molecule has 1 aromatic carbocycles. The van der Waals surface area contributed by atoms with Crippen molar-refractivity contribution in [3.8, 4) is 0 Å². The van der Waals surface area contributed by atoms with Crippen LogP contribution in [0.15, 0.2) is 30.3 Å². The number of hydrogen-bond donors (Lipinski definition) is 0. The first-order valence-corrected chi connectivity index (χ1v) is 9.23. The zero-order valence-electron chi connectivity index (χ0n) is 14.7. The summed E-state index contributed by atoms with van der Waals surface area (Å²) in [6.45, 7) is 4.61. The second-order valence-corrected chi connectivity index (χ2v) is 6.90. The van der Waals surface area contributed by atoms with Gasteiger partial charge in [0.1, 0.15) is 17.3 Å². The summed E-state index contributed by atoms with van der Waals surface area (Å²) in [6, 6.07) is 10.00. The van der Waals surface area contributed by atoms with E-state index in [1.807, 2.05) is 36.1 Å². The molecule has 0 atom stereocenters. The third-order valence-electron chi connectivity index (χ3n) is 5.11. The van der Waals surface area contributed by atoms with Gasteiger partial charge in [-0.1, -0.05) is 31.0 Å². The van der Waals surface area contributed by atoms with E-state index in [1.54, 1.807) is 0 Å². The van der Waals surface area contributed by atoms with E-state index in [0.29, 0.717) is 11.5 Å². The molecule has 2 aromatic rings. The number of aryl methyl sites for hydroxylation is 1. The van der Waals surface area contributed by atoms with Crippen molar-refractivity contribution in [2.75, 3.05) is 29.4 Å². The molecule has 0 unspecified atom stereocenters. The molecule has 2 aliphatic rings. The summed E-state index contributed by atoms with van der Waals surface area (Å²) < 4.78 is 0. The van der Waals surface area contributed by atoms with Crippen molar-refractivity contribution in [1.82, 2.24) is 9.97 Å². The number of amides is 1. The maximum Gasteiger partial charge on any atom is 0.277 e. The molecule has 1 saturated heterocycles. The van der Waals surface area contributed by atoms with Crippen LogP contribution in [0.4, 0.5) is 11.5 Å². The number of aromatic nitrogens is 2. The van der Waals surface area contributed by atoms with Crippen molar-refractivity contribution in [2.24, 2.45) is 0 Å². The average Bonchev–Trinajstić information content (AvgIpc) is 2.86. The lowest BCUT2D eigenvalue weighted by molar-refractivity contribution is 0.0984. The van der Waals surface area contributed by atoms with Gasteiger partial charge < -0.3 is 9.80 Å². The third-order valence-corrected chi connectivity index (χ3v) is 5.11. The average molecular weight is 336 g/mol. The van der Waals surface area contributed by atoms with Crippen molar-refractivity contribution < 1.29 is 4.79 Å². The van der Waals surface area contributed by atoms with Gasteiger partial charge in [0.25, 0.3) is 5.91 Å². The molecule has 0 spiro atoms. The Labute approximate surface area is 148 Å². The Hall–Kier alpha value is -2.43. The van der Waals surface area contributed by atoms with E-state index in [0.717, 1.165) is 37.6 Å². The van der Waals surface area contributed by atoms with E-state index < -0.39 is 0 Å². The number of fused-ring (bicyclic) bond motifs is 1. The zero-order valence-corrected chi connectivity index (χ0v) is 14.7. The molecule has 5 nitrogen and oxygen atoms in total. The van der Waals surface area contributed by atoms with Gasteiger partial charge in [-0.05, 0) is 37.8 Å². The number of carbonyl (C=O) groups excluding carboxylic acids is 1. The minimum Gasteiger partial charge on any atom is -0.356 e. The van der Waals surface area contributed by atoms with Crippen LogP contribution in [0, 0.1) is 6.92 Å². The Morgan fingerprint density at radius 3 is 2.56 bits per heavy atom. The molecule has 0 saturated carbocycles. The Kier molecular flexibility index (Phi) is 4.38. The van der Waals surface area contributed by atoms with Crippen LogP contribution in [0.25, 0.3) is 0 Å². The molecule has 1 amide bonds. The van der Waals surface area contributed by atoms with Crippen molar-refractivity contribution >= 4 is 17.4 Å². The lowest BCUT2D eigenvalue weighted by atomic mass is 10.2. The molecule has 1 fully saturated rings. The predicted molar refractivity (Wildman–Crippen MR) is 99.3 cm³/mol. The van der Waals surface area contributed by atoms with Crippen molar-refractivity contribution in [3.05, 3.63) is 47.4 Å². The number of hydrogen-bond acceptors (Lipinski definition) is 4. The lowest BCUT2D eigenvalue weighted by Crippen LogP contribution is -2.31. The number of anilines is 2. The van der Waals surface area contributed by atoms with Crippen molar-refractivity contribution in [3.63, 3.8) is 0 Å². The standard InChI is InChI=1S/C20H24N4O/c1-15-21-17(14-19(22-15)23-11-6-2-3-7-12-23)20(25)24-13-10-16-8-4-5-9-18(16)24/h4-5,8-9,14H,2-3,6-7,10-13H2,1H3. The van der Waals surface area contributed by atoms with E-state index in [4.69, 9.17) is 0 Å². The highest BCUT2D eigenvalue weighted by Gasteiger charge is 2.27. The number of nitrogens with zero attached hydrogens (tertiary/aromatic N) is 4. The van der Waals surface area contributed by atoms with Gasteiger partial charge in [-0.3, -0.25) is 4.79 Å². The van der Waals surface area contributed by atoms with Crippen molar-refractivity contribution in [2.45, 2.75) is 39.0 Å². The second kappa shape index (κ2) is 6.82. The largest absolute Gasteiger partial charge is 0.356 e. The van der Waals surface area contributed by atoms with Crippen LogP contribution in [0.3, 0.4) is 0 Å². The van der Waals surface area contributed by atoms with E-state index >= 15 is 0 Å². The van der Waals surface area contributed by atoms with E-state index in [1.165, 1.54) is 31.2 Å². The van der Waals surface area contributed by atoms with Crippen LogP contribution in [0.2, 0.25) is 0 Å². The van der Waals surface area contributed by atoms with Gasteiger partial charge in [0.05, 0.1) is 0 Å². The first-order valence-electron chi connectivity index (χ1n) is 9.23. The minimum atomic E-state index is -0.0217. The van der Waals surface area contributed by atoms with Crippen LogP contribution in [0.5, 0.6) is 0 Å². The molecule has 25 heavy (non-hydrogen) atoms. The fraction of sp³-hybridized carbons (Fsp3) is 0.450. The molecular formula is C20H24N4O. The van der Waals surface area contributed by atoms with Gasteiger partial charge >= 0.3 is 0 Å². The van der Waals surface area contributed by atoms with Gasteiger partial charge in [0.15, 0.2) is 0 Å². The van der Waals surface area contributed by atoms with E-state index in [2.05, 4.69) is 20.9 Å². The molecule has 5 heteroatoms. The van der Waals surface area contributed by atoms with Crippen molar-refractivity contribution in [1.29, 1.82) is 0 Å². The molecule has 0 aliphatic carbocycles. The summed E-state index contributed by atoms with van der Waals surface area (Å²) in [5.74, 6) is 1.54. The van der Waals surface area contributed by atoms with Crippen LogP contribution in [-0.2, 0) is 6.42 Å². The van der Waals surface area contributed by atoms with Gasteiger partial charge in [-0.15, -0.1) is 0 Å². The van der Waals surface area contributed by atoms with E-state index in [-0.39, 0.29) is 5.91 Å². The zero-order chi connectivity index (χ0) is 17.2. The topological polar surface area (TPSA) is 49.3 Å². The van der Waals surface area contributed by atoms with Crippen LogP contribution in [-0.4, -0.2) is 35.5 Å². The highest BCUT2D eigenvalue weighted by atomic mass is 16.2. The van der Waals surface area contributed by atoms with Gasteiger partial charge in [0, 0.05) is 31.4 Å². The molecule has 4 rings (SSSR count). The fourth-order valence-electron chi connectivity index (χ4n) is 3.81. The van der Waals surface area contributed by atoms with Gasteiger partial charge in [0.2, 0.25) is 0 Å². The fourth-order valence-corrected chi connectivity index (χ4v) is 3.81. The molecule has 2 aliphatic heterocycles. The maximum absolute atomic E-state index is 13.1. The molecule has 1 aromatic heterocycles. The van der Waals surface area contributed by atoms with E-state index in [9.17, 15) is 4.79 Å². The Balaban J connectivity index is 1.63. The third kappa shape index (κ3) is 3.23. The first-order chi connectivity index (χ1) is 12.2. The second-order valence-electron chi connectivity index (χ2n) is 6.90. The van der Waals surface area contributed by atoms with Crippen LogP contribution >= 0.6 is 0 Å². The molecular weight excluding hydrogens is 312 g/mol. The maximum atomic E-state index is 13.1. The normalized spacial score (nSPS) is 17.3. The number of benzene rings is 1. The first kappa shape index (κ1) is 16.1. The quantitative estimate of drug-likeness (QED) is 0.844. The molecule has 130 valence electrons. The summed E-state index contributed by atoms with van der Waals surface area (Å²) in [4.78, 5) is 26.3. The van der Waals surface area contributed by atoms with Crippen LogP contribution in [0.1, 0.15) is 47.6 Å². The summed E-state index contributed by atoms with van der Waals surface area (Å²) >= 11 is 0. The predicted octanol–water partition coefficient (Wildman–Crippen LogP) is 3.37. The highest BCUT2D eigenvalue weighted by Crippen LogP contribution is 2.29. The Morgan fingerprint density at radius 1 is 1.00 bits per heavy atom. The molecule has 0 radical (unpaired) electrons. The Morgan fingerprint density at radius 2 is 1.76 bits per heavy atom. The number of para-hydroxylation sites is 1. The molecule has 0 bridgehead atoms. The monoisotopic (exact) mass is 336 g/mol. The summed E-state index contributed by atoms with van der Waals surface area (Å²) in [6.07, 6.45) is 5.83. The summed E-state index contributed by atoms with van der Waals surface area (Å²) in [5.41, 5.74) is 2.75. The summed E-state index contributed by atoms with van der Waals surface area (Å²) in [7, 11) is 0. The highest BCUT2D eigenvalue weighted by molar-refractivity contribution is 6.06. The van der Waals surface area contributed by atoms with Gasteiger partial charge in [-0.2, -0.15) is 0 Å². The smallest absolute Gasteiger partial charge is 0.277 e. The summed E-state index contributed by atoms with van der Waals surface area (Å²) in [5, 5.41) is 0.